The number of carbonyl (C=O) groups is 2. The van der Waals surface area contributed by atoms with Crippen molar-refractivity contribution in [3.05, 3.63) is 34.6 Å². The van der Waals surface area contributed by atoms with E-state index in [1.165, 1.54) is 6.07 Å². The van der Waals surface area contributed by atoms with Gasteiger partial charge in [0.1, 0.15) is 12.0 Å². The first-order valence-corrected chi connectivity index (χ1v) is 7.61. The Labute approximate surface area is 144 Å². The molecule has 0 saturated heterocycles. The topological polar surface area (TPSA) is 108 Å². The molecule has 0 unspecified atom stereocenters. The molecule has 0 aliphatic carbocycles. The van der Waals surface area contributed by atoms with Crippen LogP contribution in [-0.2, 0) is 9.45 Å². The van der Waals surface area contributed by atoms with Gasteiger partial charge in [-0.25, -0.2) is 4.39 Å². The molecule has 0 bridgehead atoms. The molecule has 0 aliphatic rings. The van der Waals surface area contributed by atoms with Crippen LogP contribution in [0.1, 0.15) is 30.6 Å². The molecule has 10 heteroatoms. The third-order valence-electron chi connectivity index (χ3n) is 2.88. The highest BCUT2D eigenvalue weighted by Gasteiger charge is 2.21. The molecule has 0 fully saturated rings. The lowest BCUT2D eigenvalue weighted by Crippen LogP contribution is -2.46. The first-order valence-electron chi connectivity index (χ1n) is 7.23. The number of hydrogen-bond acceptors (Lipinski definition) is 5. The molecule has 1 rings (SSSR count). The number of amides is 2. The number of carbonyl (C=O) groups excluding carboxylic acids is 2. The molecule has 24 heavy (non-hydrogen) atoms. The molecule has 0 spiro atoms. The van der Waals surface area contributed by atoms with Gasteiger partial charge in [-0.3, -0.25) is 9.59 Å². The van der Waals surface area contributed by atoms with Crippen molar-refractivity contribution < 1.29 is 28.7 Å². The predicted octanol–water partition coefficient (Wildman–Crippen LogP) is 0.683. The van der Waals surface area contributed by atoms with E-state index in [1.54, 1.807) is 0 Å². The Bertz CT molecular complexity index is 578. The molecule has 0 aromatic heterocycles. The smallest absolute Gasteiger partial charge is 0.402 e. The van der Waals surface area contributed by atoms with Crippen LogP contribution in [0.4, 0.5) is 4.39 Å². The number of benzene rings is 1. The fourth-order valence-electron chi connectivity index (χ4n) is 1.88. The van der Waals surface area contributed by atoms with Crippen LogP contribution in [0.15, 0.2) is 18.2 Å². The maximum absolute atomic E-state index is 13.5. The molecule has 2 amide bonds. The van der Waals surface area contributed by atoms with Crippen molar-refractivity contribution in [2.75, 3.05) is 6.54 Å². The summed E-state index contributed by atoms with van der Waals surface area (Å²) in [6.07, 6.45) is -0.599. The zero-order valence-electron chi connectivity index (χ0n) is 13.3. The van der Waals surface area contributed by atoms with Crippen molar-refractivity contribution in [1.82, 2.24) is 10.6 Å². The molecule has 0 saturated carbocycles. The summed E-state index contributed by atoms with van der Waals surface area (Å²) < 4.78 is 18.3. The summed E-state index contributed by atoms with van der Waals surface area (Å²) in [7, 11) is -2.04. The van der Waals surface area contributed by atoms with Crippen LogP contribution in [-0.4, -0.2) is 42.0 Å². The highest BCUT2D eigenvalue weighted by molar-refractivity contribution is 6.32. The lowest BCUT2D eigenvalue weighted by molar-refractivity contribution is -0.123. The summed E-state index contributed by atoms with van der Waals surface area (Å²) in [6.45, 7) is 3.27. The second-order valence-electron chi connectivity index (χ2n) is 5.45. The van der Waals surface area contributed by atoms with Gasteiger partial charge in [0.25, 0.3) is 5.91 Å². The lowest BCUT2D eigenvalue weighted by Gasteiger charge is -2.21. The largest absolute Gasteiger partial charge is 0.635 e. The van der Waals surface area contributed by atoms with Crippen LogP contribution in [0.25, 0.3) is 0 Å². The van der Waals surface area contributed by atoms with E-state index < -0.39 is 37.7 Å². The van der Waals surface area contributed by atoms with Crippen molar-refractivity contribution in [2.24, 2.45) is 5.92 Å². The van der Waals surface area contributed by atoms with Gasteiger partial charge in [-0.2, -0.15) is 0 Å². The lowest BCUT2D eigenvalue weighted by atomic mass is 10.1. The van der Waals surface area contributed by atoms with Crippen LogP contribution in [0, 0.1) is 11.7 Å². The summed E-state index contributed by atoms with van der Waals surface area (Å²) in [6, 6.07) is 3.50. The third-order valence-corrected chi connectivity index (χ3v) is 3.11. The fraction of sp³-hybridized carbons (Fsp3) is 0.429. The van der Waals surface area contributed by atoms with E-state index in [2.05, 4.69) is 10.6 Å². The summed E-state index contributed by atoms with van der Waals surface area (Å²) in [5.41, 5.74) is -0.281. The number of nitrogens with one attached hydrogen (secondary N) is 2. The van der Waals surface area contributed by atoms with Crippen molar-refractivity contribution >= 4 is 30.7 Å². The Kier molecular flexibility index (Phi) is 8.13. The summed E-state index contributed by atoms with van der Waals surface area (Å²) in [5.74, 6) is -2.07. The van der Waals surface area contributed by atoms with E-state index in [9.17, 15) is 14.0 Å². The summed E-state index contributed by atoms with van der Waals surface area (Å²) >= 11 is 5.70. The van der Waals surface area contributed by atoms with E-state index in [-0.39, 0.29) is 16.5 Å². The number of hydrogen-bond donors (Lipinski definition) is 4. The van der Waals surface area contributed by atoms with Crippen molar-refractivity contribution in [1.29, 1.82) is 0 Å². The van der Waals surface area contributed by atoms with E-state index in [0.29, 0.717) is 6.42 Å². The quantitative estimate of drug-likeness (QED) is 0.403. The van der Waals surface area contributed by atoms with Crippen molar-refractivity contribution in [2.45, 2.75) is 26.5 Å². The molecule has 0 aliphatic heterocycles. The van der Waals surface area contributed by atoms with Crippen molar-refractivity contribution in [3.8, 4) is 0 Å². The van der Waals surface area contributed by atoms with Gasteiger partial charge in [0, 0.05) is 5.02 Å². The zero-order chi connectivity index (χ0) is 18.3. The highest BCUT2D eigenvalue weighted by Crippen LogP contribution is 2.14. The second-order valence-corrected chi connectivity index (χ2v) is 5.89. The molecule has 0 radical (unpaired) electrons. The Balaban J connectivity index is 2.57. The Morgan fingerprint density at radius 3 is 2.62 bits per heavy atom. The first-order chi connectivity index (χ1) is 11.2. The van der Waals surface area contributed by atoms with Gasteiger partial charge >= 0.3 is 7.32 Å². The molecule has 1 atom stereocenters. The molecular weight excluding hydrogens is 341 g/mol. The van der Waals surface area contributed by atoms with Gasteiger partial charge in [0.2, 0.25) is 5.91 Å². The van der Waals surface area contributed by atoms with Gasteiger partial charge in [0.15, 0.2) is 0 Å². The standard InChI is InChI=1S/C14H19BClFN2O5/c1-8(2)5-13(24-15(22)23)19-12(20)7-18-14(21)10-6-9(16)3-4-11(10)17/h3-4,6,8,13,22-23H,5,7H2,1-2H3,(H,18,21)(H,19,20)/t13-/m1/s1. The van der Waals surface area contributed by atoms with E-state index in [1.807, 2.05) is 13.8 Å². The Morgan fingerprint density at radius 1 is 1.38 bits per heavy atom. The average molecular weight is 361 g/mol. The highest BCUT2D eigenvalue weighted by atomic mass is 35.5. The fourth-order valence-corrected chi connectivity index (χ4v) is 2.05. The maximum atomic E-state index is 13.5. The van der Waals surface area contributed by atoms with Crippen LogP contribution in [0.3, 0.4) is 0 Å². The van der Waals surface area contributed by atoms with Gasteiger partial charge < -0.3 is 25.3 Å². The number of halogens is 2. The minimum atomic E-state index is -2.04. The van der Waals surface area contributed by atoms with Crippen LogP contribution in [0.5, 0.6) is 0 Å². The average Bonchev–Trinajstić information content (AvgIpc) is 2.45. The molecular formula is C14H19BClFN2O5. The third kappa shape index (κ3) is 7.26. The molecule has 132 valence electrons. The zero-order valence-corrected chi connectivity index (χ0v) is 14.0. The van der Waals surface area contributed by atoms with Gasteiger partial charge in [0.05, 0.1) is 12.1 Å². The second kappa shape index (κ2) is 9.58. The summed E-state index contributed by atoms with van der Waals surface area (Å²) in [4.78, 5) is 23.7. The SMILES string of the molecule is CC(C)C[C@H](NC(=O)CNC(=O)c1cc(Cl)ccc1F)OB(O)O. The van der Waals surface area contributed by atoms with Crippen LogP contribution in [0.2, 0.25) is 5.02 Å². The van der Waals surface area contributed by atoms with Crippen LogP contribution >= 0.6 is 11.6 Å². The van der Waals surface area contributed by atoms with Crippen LogP contribution < -0.4 is 10.6 Å². The monoisotopic (exact) mass is 360 g/mol. The minimum Gasteiger partial charge on any atom is -0.402 e. The maximum Gasteiger partial charge on any atom is 0.635 e. The summed E-state index contributed by atoms with van der Waals surface area (Å²) in [5, 5.41) is 22.5. The Hall–Kier alpha value is -1.68. The number of rotatable bonds is 8. The van der Waals surface area contributed by atoms with E-state index in [0.717, 1.165) is 12.1 Å². The van der Waals surface area contributed by atoms with Gasteiger partial charge in [-0.1, -0.05) is 25.4 Å². The van der Waals surface area contributed by atoms with Gasteiger partial charge in [-0.15, -0.1) is 0 Å². The van der Waals surface area contributed by atoms with E-state index in [4.69, 9.17) is 26.3 Å². The molecule has 1 aromatic carbocycles. The predicted molar refractivity (Wildman–Crippen MR) is 86.4 cm³/mol. The van der Waals surface area contributed by atoms with Gasteiger partial charge in [-0.05, 0) is 30.5 Å². The molecule has 1 aromatic rings. The Morgan fingerprint density at radius 2 is 2.04 bits per heavy atom. The molecule has 0 heterocycles. The minimum absolute atomic E-state index is 0.115. The molecule has 4 N–H and O–H groups in total. The first kappa shape index (κ1) is 20.4. The van der Waals surface area contributed by atoms with E-state index >= 15 is 0 Å². The normalized spacial score (nSPS) is 12.0. The van der Waals surface area contributed by atoms with Crippen molar-refractivity contribution in [3.63, 3.8) is 0 Å². The molecule has 7 nitrogen and oxygen atoms in total.